The molecule has 0 aromatic rings. The van der Waals surface area contributed by atoms with Crippen molar-refractivity contribution in [2.45, 2.75) is 58.8 Å². The lowest BCUT2D eigenvalue weighted by atomic mass is 10.1. The van der Waals surface area contributed by atoms with Crippen molar-refractivity contribution in [3.8, 4) is 0 Å². The molecule has 0 bridgehead atoms. The number of hydrogen-bond acceptors (Lipinski definition) is 2. The molecule has 0 aliphatic carbocycles. The maximum atomic E-state index is 4.26. The van der Waals surface area contributed by atoms with Crippen molar-refractivity contribution in [1.29, 1.82) is 0 Å². The number of rotatable bonds is 9. The number of nitrogens with zero attached hydrogens (tertiary/aromatic N) is 2. The van der Waals surface area contributed by atoms with Gasteiger partial charge in [-0.25, -0.2) is 0 Å². The van der Waals surface area contributed by atoms with Crippen LogP contribution in [0.25, 0.3) is 0 Å². The average molecular weight is 424 g/mol. The second kappa shape index (κ2) is 14.5. The van der Waals surface area contributed by atoms with Gasteiger partial charge in [0.2, 0.25) is 0 Å². The molecule has 5 heteroatoms. The van der Waals surface area contributed by atoms with Crippen LogP contribution in [0.4, 0.5) is 0 Å². The average Bonchev–Trinajstić information content (AvgIpc) is 2.49. The first kappa shape index (κ1) is 22.0. The van der Waals surface area contributed by atoms with E-state index in [1.165, 1.54) is 64.6 Å². The smallest absolute Gasteiger partial charge is 0.190 e. The molecular formula is C17H37IN4. The number of halogens is 1. The van der Waals surface area contributed by atoms with E-state index in [2.05, 4.69) is 34.4 Å². The van der Waals surface area contributed by atoms with Crippen LogP contribution in [-0.4, -0.2) is 50.6 Å². The van der Waals surface area contributed by atoms with Crippen LogP contribution in [0.3, 0.4) is 0 Å². The first-order chi connectivity index (χ1) is 10.2. The van der Waals surface area contributed by atoms with Gasteiger partial charge < -0.3 is 15.5 Å². The number of unbranched alkanes of at least 4 members (excludes halogenated alkanes) is 2. The lowest BCUT2D eigenvalue weighted by molar-refractivity contribution is 0.224. The maximum absolute atomic E-state index is 4.26. The lowest BCUT2D eigenvalue weighted by Crippen LogP contribution is -2.38. The van der Waals surface area contributed by atoms with Crippen LogP contribution in [0, 0.1) is 5.92 Å². The van der Waals surface area contributed by atoms with Gasteiger partial charge in [-0.05, 0) is 57.7 Å². The Kier molecular flexibility index (Phi) is 14.5. The third-order valence-corrected chi connectivity index (χ3v) is 4.13. The molecule has 1 fully saturated rings. The molecule has 1 rings (SSSR count). The monoisotopic (exact) mass is 424 g/mol. The van der Waals surface area contributed by atoms with E-state index in [9.17, 15) is 0 Å². The minimum atomic E-state index is 0. The van der Waals surface area contributed by atoms with Gasteiger partial charge in [-0.2, -0.15) is 0 Å². The summed E-state index contributed by atoms with van der Waals surface area (Å²) in [6.45, 7) is 10.5. The second-order valence-electron chi connectivity index (χ2n) is 6.57. The highest BCUT2D eigenvalue weighted by Gasteiger charge is 2.08. The summed E-state index contributed by atoms with van der Waals surface area (Å²) in [7, 11) is 1.85. The van der Waals surface area contributed by atoms with E-state index in [0.29, 0.717) is 0 Å². The van der Waals surface area contributed by atoms with E-state index in [-0.39, 0.29) is 24.0 Å². The summed E-state index contributed by atoms with van der Waals surface area (Å²) in [5.41, 5.74) is 0. The molecule has 2 N–H and O–H groups in total. The van der Waals surface area contributed by atoms with Gasteiger partial charge >= 0.3 is 0 Å². The topological polar surface area (TPSA) is 39.7 Å². The first-order valence-electron chi connectivity index (χ1n) is 8.89. The molecule has 0 spiro atoms. The first-order valence-corrected chi connectivity index (χ1v) is 8.89. The normalized spacial score (nSPS) is 16.5. The predicted molar refractivity (Wildman–Crippen MR) is 108 cm³/mol. The summed E-state index contributed by atoms with van der Waals surface area (Å²) < 4.78 is 0. The number of hydrogen-bond donors (Lipinski definition) is 2. The van der Waals surface area contributed by atoms with Gasteiger partial charge in [0.05, 0.1) is 0 Å². The second-order valence-corrected chi connectivity index (χ2v) is 6.57. The van der Waals surface area contributed by atoms with Gasteiger partial charge in [0, 0.05) is 20.1 Å². The highest BCUT2D eigenvalue weighted by Crippen LogP contribution is 2.09. The molecule has 4 nitrogen and oxygen atoms in total. The van der Waals surface area contributed by atoms with Crippen LogP contribution in [0.2, 0.25) is 0 Å². The van der Waals surface area contributed by atoms with Gasteiger partial charge in [0.1, 0.15) is 0 Å². The van der Waals surface area contributed by atoms with Gasteiger partial charge in [-0.15, -0.1) is 24.0 Å². The minimum absolute atomic E-state index is 0. The zero-order valence-corrected chi connectivity index (χ0v) is 17.2. The van der Waals surface area contributed by atoms with Gasteiger partial charge in [-0.1, -0.05) is 26.7 Å². The summed E-state index contributed by atoms with van der Waals surface area (Å²) in [5.74, 6) is 1.69. The number of nitrogens with one attached hydrogen (secondary N) is 2. The van der Waals surface area contributed by atoms with Gasteiger partial charge in [0.15, 0.2) is 5.96 Å². The summed E-state index contributed by atoms with van der Waals surface area (Å²) in [4.78, 5) is 6.89. The van der Waals surface area contributed by atoms with Crippen molar-refractivity contribution in [2.75, 3.05) is 39.8 Å². The molecule has 0 unspecified atom stereocenters. The Morgan fingerprint density at radius 1 is 1.00 bits per heavy atom. The fourth-order valence-corrected chi connectivity index (χ4v) is 2.73. The standard InChI is InChI=1S/C17H36N4.HI/c1-16(2)10-12-20-17(18-3)19-11-6-4-7-13-21-14-8-5-9-15-21;/h16H,4-15H2,1-3H3,(H2,18,19,20);1H. The van der Waals surface area contributed by atoms with Crippen molar-refractivity contribution in [3.05, 3.63) is 0 Å². The highest BCUT2D eigenvalue weighted by molar-refractivity contribution is 14.0. The quantitative estimate of drug-likeness (QED) is 0.258. The van der Waals surface area contributed by atoms with Crippen LogP contribution in [0.5, 0.6) is 0 Å². The predicted octanol–water partition coefficient (Wildman–Crippen LogP) is 3.47. The van der Waals surface area contributed by atoms with E-state index in [1.807, 2.05) is 7.05 Å². The van der Waals surface area contributed by atoms with Crippen molar-refractivity contribution in [1.82, 2.24) is 15.5 Å². The molecule has 1 aliphatic heterocycles. The molecule has 0 saturated carbocycles. The van der Waals surface area contributed by atoms with Crippen LogP contribution >= 0.6 is 24.0 Å². The van der Waals surface area contributed by atoms with Gasteiger partial charge in [-0.3, -0.25) is 4.99 Å². The summed E-state index contributed by atoms with van der Waals surface area (Å²) >= 11 is 0. The molecule has 0 aromatic heterocycles. The molecule has 22 heavy (non-hydrogen) atoms. The number of piperidine rings is 1. The largest absolute Gasteiger partial charge is 0.356 e. The minimum Gasteiger partial charge on any atom is -0.356 e. The van der Waals surface area contributed by atoms with Crippen LogP contribution in [-0.2, 0) is 0 Å². The van der Waals surface area contributed by atoms with Crippen molar-refractivity contribution in [3.63, 3.8) is 0 Å². The SMILES string of the molecule is CN=C(NCCCCCN1CCCCC1)NCCC(C)C.I. The van der Waals surface area contributed by atoms with Gasteiger partial charge in [0.25, 0.3) is 0 Å². The van der Waals surface area contributed by atoms with Crippen molar-refractivity contribution < 1.29 is 0 Å². The summed E-state index contributed by atoms with van der Waals surface area (Å²) in [6, 6.07) is 0. The highest BCUT2D eigenvalue weighted by atomic mass is 127. The van der Waals surface area contributed by atoms with Crippen LogP contribution < -0.4 is 10.6 Å². The zero-order chi connectivity index (χ0) is 15.3. The number of aliphatic imine (C=N–C) groups is 1. The molecule has 0 radical (unpaired) electrons. The summed E-state index contributed by atoms with van der Waals surface area (Å²) in [6.07, 6.45) is 9.31. The van der Waals surface area contributed by atoms with E-state index in [0.717, 1.165) is 25.0 Å². The maximum Gasteiger partial charge on any atom is 0.190 e. The molecule has 0 atom stereocenters. The Labute approximate surface area is 154 Å². The van der Waals surface area contributed by atoms with E-state index in [1.54, 1.807) is 0 Å². The molecule has 1 heterocycles. The Balaban J connectivity index is 0.00000441. The molecule has 0 aromatic carbocycles. The Morgan fingerprint density at radius 2 is 1.68 bits per heavy atom. The third kappa shape index (κ3) is 11.5. The fourth-order valence-electron chi connectivity index (χ4n) is 2.73. The molecule has 132 valence electrons. The van der Waals surface area contributed by atoms with Crippen molar-refractivity contribution in [2.24, 2.45) is 10.9 Å². The Bertz CT molecular complexity index is 276. The molecule has 1 saturated heterocycles. The summed E-state index contributed by atoms with van der Waals surface area (Å²) in [5, 5.41) is 6.78. The Morgan fingerprint density at radius 3 is 2.32 bits per heavy atom. The number of likely N-dealkylation sites (tertiary alicyclic amines) is 1. The fraction of sp³-hybridized carbons (Fsp3) is 0.941. The molecular weight excluding hydrogens is 387 g/mol. The van der Waals surface area contributed by atoms with Crippen molar-refractivity contribution >= 4 is 29.9 Å². The Hall–Kier alpha value is -0.0400. The van der Waals surface area contributed by atoms with Crippen LogP contribution in [0.1, 0.15) is 58.8 Å². The van der Waals surface area contributed by atoms with E-state index in [4.69, 9.17) is 0 Å². The zero-order valence-electron chi connectivity index (χ0n) is 14.9. The molecule has 0 amide bonds. The third-order valence-electron chi connectivity index (χ3n) is 4.13. The number of guanidine groups is 1. The van der Waals surface area contributed by atoms with E-state index < -0.39 is 0 Å². The molecule has 1 aliphatic rings. The van der Waals surface area contributed by atoms with E-state index >= 15 is 0 Å². The lowest BCUT2D eigenvalue weighted by Gasteiger charge is -2.26. The van der Waals surface area contributed by atoms with Crippen LogP contribution in [0.15, 0.2) is 4.99 Å².